The van der Waals surface area contributed by atoms with Gasteiger partial charge in [-0.2, -0.15) is 10.4 Å². The number of amides is 2. The van der Waals surface area contributed by atoms with Gasteiger partial charge in [-0.05, 0) is 44.0 Å². The summed E-state index contributed by atoms with van der Waals surface area (Å²) in [6, 6.07) is 16.7. The first kappa shape index (κ1) is 23.2. The summed E-state index contributed by atoms with van der Waals surface area (Å²) in [7, 11) is 0. The third kappa shape index (κ3) is 5.33. The van der Waals surface area contributed by atoms with E-state index in [1.165, 1.54) is 11.3 Å². The van der Waals surface area contributed by atoms with Crippen molar-refractivity contribution in [1.29, 1.82) is 5.26 Å². The average molecular weight is 493 g/mol. The predicted octanol–water partition coefficient (Wildman–Crippen LogP) is 4.56. The highest BCUT2D eigenvalue weighted by molar-refractivity contribution is 7.18. The van der Waals surface area contributed by atoms with Gasteiger partial charge in [-0.3, -0.25) is 5.32 Å². The average Bonchev–Trinajstić information content (AvgIpc) is 3.41. The molecule has 0 radical (unpaired) electrons. The first-order valence-corrected chi connectivity index (χ1v) is 11.6. The lowest BCUT2D eigenvalue weighted by molar-refractivity contribution is 0.252. The molecule has 172 valence electrons. The zero-order valence-electron chi connectivity index (χ0n) is 18.2. The number of nitrogens with two attached hydrogens (primary N) is 1. The van der Waals surface area contributed by atoms with E-state index in [0.717, 1.165) is 16.8 Å². The Morgan fingerprint density at radius 2 is 2.03 bits per heavy atom. The van der Waals surface area contributed by atoms with Crippen LogP contribution in [0.4, 0.5) is 15.7 Å². The summed E-state index contributed by atoms with van der Waals surface area (Å²) in [4.78, 5) is 12.2. The highest BCUT2D eigenvalue weighted by Crippen LogP contribution is 2.28. The summed E-state index contributed by atoms with van der Waals surface area (Å²) in [5.41, 5.74) is 9.84. The van der Waals surface area contributed by atoms with Crippen LogP contribution in [0.2, 0.25) is 5.02 Å². The molecule has 34 heavy (non-hydrogen) atoms. The molecule has 11 heteroatoms. The Labute approximate surface area is 205 Å². The van der Waals surface area contributed by atoms with E-state index in [1.54, 1.807) is 16.8 Å². The van der Waals surface area contributed by atoms with E-state index >= 15 is 0 Å². The fourth-order valence-electron chi connectivity index (χ4n) is 3.27. The molecule has 4 rings (SSSR count). The van der Waals surface area contributed by atoms with Crippen molar-refractivity contribution in [1.82, 2.24) is 25.3 Å². The van der Waals surface area contributed by atoms with E-state index in [4.69, 9.17) is 17.3 Å². The molecule has 4 aromatic rings. The van der Waals surface area contributed by atoms with Crippen molar-refractivity contribution in [3.8, 4) is 22.3 Å². The third-order valence-corrected chi connectivity index (χ3v) is 6.10. The third-order valence-electron chi connectivity index (χ3n) is 4.98. The normalized spacial score (nSPS) is 10.6. The van der Waals surface area contributed by atoms with Crippen LogP contribution in [0, 0.1) is 18.3 Å². The maximum absolute atomic E-state index is 12.2. The molecule has 2 heterocycles. The zero-order chi connectivity index (χ0) is 24.1. The molecule has 0 unspecified atom stereocenters. The summed E-state index contributed by atoms with van der Waals surface area (Å²) in [5, 5.41) is 29.2. The molecule has 0 spiro atoms. The van der Waals surface area contributed by atoms with E-state index in [1.807, 2.05) is 43.3 Å². The summed E-state index contributed by atoms with van der Waals surface area (Å²) < 4.78 is 1.57. The number of carbonyl (C=O) groups excluding carboxylic acids is 1. The fourth-order valence-corrected chi connectivity index (χ4v) is 4.19. The summed E-state index contributed by atoms with van der Waals surface area (Å²) in [6.07, 6.45) is 1.07. The van der Waals surface area contributed by atoms with Crippen LogP contribution in [0.3, 0.4) is 0 Å². The Balaban J connectivity index is 1.31. The molecule has 0 saturated carbocycles. The van der Waals surface area contributed by atoms with Crippen molar-refractivity contribution in [2.24, 2.45) is 0 Å². The van der Waals surface area contributed by atoms with E-state index in [0.29, 0.717) is 51.6 Å². The lowest BCUT2D eigenvalue weighted by atomic mass is 10.1. The molecule has 0 aliphatic heterocycles. The highest BCUT2D eigenvalue weighted by atomic mass is 35.5. The number of hydrogen-bond donors (Lipinski definition) is 3. The molecular formula is C23H21ClN8OS. The molecule has 9 nitrogen and oxygen atoms in total. The molecule has 0 bridgehead atoms. The lowest BCUT2D eigenvalue weighted by Gasteiger charge is -2.04. The van der Waals surface area contributed by atoms with E-state index < -0.39 is 0 Å². The number of halogens is 1. The molecule has 2 aromatic carbocycles. The van der Waals surface area contributed by atoms with Gasteiger partial charge in [-0.15, -0.1) is 10.2 Å². The topological polar surface area (TPSA) is 135 Å². The predicted molar refractivity (Wildman–Crippen MR) is 133 cm³/mol. The van der Waals surface area contributed by atoms with Crippen LogP contribution < -0.4 is 16.4 Å². The molecular weight excluding hydrogens is 472 g/mol. The molecule has 0 aliphatic rings. The highest BCUT2D eigenvalue weighted by Gasteiger charge is 2.16. The number of nitriles is 1. The van der Waals surface area contributed by atoms with Gasteiger partial charge in [0.25, 0.3) is 0 Å². The summed E-state index contributed by atoms with van der Waals surface area (Å²) in [5.74, 6) is 0.304. The Bertz CT molecular complexity index is 1360. The lowest BCUT2D eigenvalue weighted by Crippen LogP contribution is -2.29. The van der Waals surface area contributed by atoms with Crippen molar-refractivity contribution in [3.63, 3.8) is 0 Å². The second-order valence-electron chi connectivity index (χ2n) is 7.47. The second kappa shape index (κ2) is 10.3. The van der Waals surface area contributed by atoms with Gasteiger partial charge in [0.05, 0.1) is 11.4 Å². The smallest absolute Gasteiger partial charge is 0.321 e. The maximum Gasteiger partial charge on any atom is 0.321 e. The number of nitrogens with one attached hydrogen (secondary N) is 2. The van der Waals surface area contributed by atoms with Crippen LogP contribution in [0.5, 0.6) is 0 Å². The summed E-state index contributed by atoms with van der Waals surface area (Å²) in [6.45, 7) is 2.38. The number of nitrogens with zero attached hydrogens (tertiary/aromatic N) is 5. The largest absolute Gasteiger partial charge is 0.382 e. The van der Waals surface area contributed by atoms with Crippen LogP contribution in [0.15, 0.2) is 48.5 Å². The van der Waals surface area contributed by atoms with Gasteiger partial charge >= 0.3 is 6.03 Å². The number of aromatic nitrogens is 4. The van der Waals surface area contributed by atoms with Crippen LogP contribution in [0.25, 0.3) is 16.3 Å². The van der Waals surface area contributed by atoms with Gasteiger partial charge in [-0.25, -0.2) is 9.48 Å². The van der Waals surface area contributed by atoms with E-state index in [9.17, 15) is 10.1 Å². The van der Waals surface area contributed by atoms with Crippen molar-refractivity contribution < 1.29 is 4.79 Å². The molecule has 2 amide bonds. The van der Waals surface area contributed by atoms with Gasteiger partial charge in [0, 0.05) is 17.1 Å². The number of carbonyl (C=O) groups is 1. The van der Waals surface area contributed by atoms with Crippen LogP contribution in [-0.4, -0.2) is 32.6 Å². The first-order chi connectivity index (χ1) is 16.4. The minimum Gasteiger partial charge on any atom is -0.382 e. The van der Waals surface area contributed by atoms with E-state index in [2.05, 4.69) is 32.0 Å². The van der Waals surface area contributed by atoms with Crippen molar-refractivity contribution in [3.05, 3.63) is 70.4 Å². The molecule has 0 saturated heterocycles. The van der Waals surface area contributed by atoms with Crippen LogP contribution >= 0.6 is 22.9 Å². The van der Waals surface area contributed by atoms with E-state index in [-0.39, 0.29) is 6.03 Å². The molecule has 0 fully saturated rings. The van der Waals surface area contributed by atoms with Crippen molar-refractivity contribution in [2.75, 3.05) is 17.6 Å². The standard InChI is InChI=1S/C23H21ClN8OS/c1-14-7-9-17(10-8-14)32-20(26)18(13-25)19(31-32)6-3-11-27-22(33)28-23-30-29-21(34-23)15-4-2-5-16(24)12-15/h2,4-5,7-10,12H,3,6,11,26H2,1H3,(H2,27,28,30,33). The minimum absolute atomic E-state index is 0.304. The molecule has 2 aromatic heterocycles. The number of benzene rings is 2. The number of nitrogen functional groups attached to an aromatic ring is 1. The Hall–Kier alpha value is -3.94. The van der Waals surface area contributed by atoms with Gasteiger partial charge in [0.1, 0.15) is 22.5 Å². The Kier molecular flexibility index (Phi) is 7.06. The van der Waals surface area contributed by atoms with Gasteiger partial charge < -0.3 is 11.1 Å². The fraction of sp³-hybridized carbons (Fsp3) is 0.174. The number of urea groups is 1. The van der Waals surface area contributed by atoms with Gasteiger partial charge in [-0.1, -0.05) is 52.8 Å². The minimum atomic E-state index is -0.390. The van der Waals surface area contributed by atoms with Gasteiger partial charge in [0.2, 0.25) is 5.13 Å². The SMILES string of the molecule is Cc1ccc(-n2nc(CCCNC(=O)Nc3nnc(-c4cccc(Cl)c4)s3)c(C#N)c2N)cc1. The van der Waals surface area contributed by atoms with Crippen molar-refractivity contribution >= 4 is 39.9 Å². The monoisotopic (exact) mass is 492 g/mol. The summed E-state index contributed by atoms with van der Waals surface area (Å²) >= 11 is 7.26. The number of aryl methyl sites for hydroxylation is 2. The molecule has 0 atom stereocenters. The number of hydrogen-bond acceptors (Lipinski definition) is 7. The van der Waals surface area contributed by atoms with Crippen LogP contribution in [-0.2, 0) is 6.42 Å². The second-order valence-corrected chi connectivity index (χ2v) is 8.89. The molecule has 4 N–H and O–H groups in total. The Morgan fingerprint density at radius 1 is 1.24 bits per heavy atom. The Morgan fingerprint density at radius 3 is 2.76 bits per heavy atom. The zero-order valence-corrected chi connectivity index (χ0v) is 19.8. The first-order valence-electron chi connectivity index (χ1n) is 10.4. The molecule has 0 aliphatic carbocycles. The van der Waals surface area contributed by atoms with Gasteiger partial charge in [0.15, 0.2) is 0 Å². The maximum atomic E-state index is 12.2. The van der Waals surface area contributed by atoms with Crippen LogP contribution in [0.1, 0.15) is 23.2 Å². The van der Waals surface area contributed by atoms with Crippen molar-refractivity contribution in [2.45, 2.75) is 19.8 Å². The number of rotatable bonds is 7. The quantitative estimate of drug-likeness (QED) is 0.324. The number of anilines is 2.